The molecular formula is C25H50BrNO2. The van der Waals surface area contributed by atoms with Gasteiger partial charge in [0.15, 0.2) is 0 Å². The zero-order chi connectivity index (χ0) is 21.3. The third-order valence-corrected chi connectivity index (χ3v) is 6.47. The summed E-state index contributed by atoms with van der Waals surface area (Å²) in [5.41, 5.74) is 1.69. The molecule has 0 atom stereocenters. The van der Waals surface area contributed by atoms with Gasteiger partial charge in [0, 0.05) is 11.8 Å². The lowest BCUT2D eigenvalue weighted by Crippen LogP contribution is -2.17. The van der Waals surface area contributed by atoms with E-state index in [9.17, 15) is 4.79 Å². The number of hydrogen-bond acceptors (Lipinski definition) is 2. The van der Waals surface area contributed by atoms with E-state index in [4.69, 9.17) is 5.21 Å². The van der Waals surface area contributed by atoms with E-state index in [0.29, 0.717) is 6.42 Å². The van der Waals surface area contributed by atoms with E-state index < -0.39 is 0 Å². The van der Waals surface area contributed by atoms with Crippen LogP contribution in [0.4, 0.5) is 0 Å². The number of hydrogen-bond donors (Lipinski definition) is 2. The van der Waals surface area contributed by atoms with E-state index in [1.54, 1.807) is 5.48 Å². The van der Waals surface area contributed by atoms with Gasteiger partial charge in [0.05, 0.1) is 0 Å². The van der Waals surface area contributed by atoms with E-state index >= 15 is 0 Å². The standard InChI is InChI=1S/C25H50BrNO2/c26-24-22-20-18-16-14-12-10-8-6-4-2-1-3-5-7-9-11-13-15-17-19-21-23-25(28)27-29/h29H,1-24H2,(H,27,28). The van der Waals surface area contributed by atoms with Crippen molar-refractivity contribution in [3.63, 3.8) is 0 Å². The van der Waals surface area contributed by atoms with Crippen LogP contribution in [0.15, 0.2) is 0 Å². The van der Waals surface area contributed by atoms with Crippen molar-refractivity contribution < 1.29 is 10.0 Å². The largest absolute Gasteiger partial charge is 0.289 e. The third kappa shape index (κ3) is 25.9. The number of rotatable bonds is 24. The number of unbranched alkanes of at least 4 members (excludes halogenated alkanes) is 21. The Labute approximate surface area is 190 Å². The zero-order valence-corrected chi connectivity index (χ0v) is 20.8. The van der Waals surface area contributed by atoms with Crippen LogP contribution in [0.25, 0.3) is 0 Å². The molecule has 3 nitrogen and oxygen atoms in total. The molecule has 2 N–H and O–H groups in total. The van der Waals surface area contributed by atoms with Crippen molar-refractivity contribution in [2.24, 2.45) is 0 Å². The quantitative estimate of drug-likeness (QED) is 0.0632. The number of alkyl halides is 1. The van der Waals surface area contributed by atoms with Crippen LogP contribution in [0.2, 0.25) is 0 Å². The van der Waals surface area contributed by atoms with Crippen LogP contribution in [0, 0.1) is 0 Å². The van der Waals surface area contributed by atoms with Gasteiger partial charge in [-0.05, 0) is 12.8 Å². The van der Waals surface area contributed by atoms with Gasteiger partial charge < -0.3 is 0 Å². The second-order valence-corrected chi connectivity index (χ2v) is 9.55. The normalized spacial score (nSPS) is 11.1. The highest BCUT2D eigenvalue weighted by Gasteiger charge is 1.98. The molecule has 0 aromatic heterocycles. The average Bonchev–Trinajstić information content (AvgIpc) is 2.74. The van der Waals surface area contributed by atoms with Gasteiger partial charge in [0.2, 0.25) is 5.91 Å². The summed E-state index contributed by atoms with van der Waals surface area (Å²) in [7, 11) is 0. The number of amides is 1. The number of halogens is 1. The molecule has 0 aliphatic heterocycles. The summed E-state index contributed by atoms with van der Waals surface area (Å²) in [5.74, 6) is -0.257. The number of carbonyl (C=O) groups excluding carboxylic acids is 1. The summed E-state index contributed by atoms with van der Waals surface area (Å²) in [6.45, 7) is 0. The molecule has 0 radical (unpaired) electrons. The van der Waals surface area contributed by atoms with Crippen LogP contribution in [0.3, 0.4) is 0 Å². The maximum absolute atomic E-state index is 10.9. The van der Waals surface area contributed by atoms with Crippen LogP contribution in [0.5, 0.6) is 0 Å². The minimum Gasteiger partial charge on any atom is -0.289 e. The maximum Gasteiger partial charge on any atom is 0.243 e. The Bertz CT molecular complexity index is 326. The molecule has 174 valence electrons. The molecule has 0 saturated carbocycles. The van der Waals surface area contributed by atoms with Crippen molar-refractivity contribution in [3.05, 3.63) is 0 Å². The van der Waals surface area contributed by atoms with Gasteiger partial charge in [-0.3, -0.25) is 10.0 Å². The molecule has 29 heavy (non-hydrogen) atoms. The number of carbonyl (C=O) groups is 1. The minimum atomic E-state index is -0.257. The van der Waals surface area contributed by atoms with E-state index in [1.165, 1.54) is 134 Å². The van der Waals surface area contributed by atoms with Crippen LogP contribution in [-0.4, -0.2) is 16.4 Å². The molecule has 0 heterocycles. The lowest BCUT2D eigenvalue weighted by Gasteiger charge is -2.04. The zero-order valence-electron chi connectivity index (χ0n) is 19.2. The fraction of sp³-hybridized carbons (Fsp3) is 0.960. The van der Waals surface area contributed by atoms with Crippen LogP contribution >= 0.6 is 15.9 Å². The van der Waals surface area contributed by atoms with Crippen molar-refractivity contribution >= 4 is 21.8 Å². The monoisotopic (exact) mass is 475 g/mol. The smallest absolute Gasteiger partial charge is 0.243 e. The summed E-state index contributed by atoms with van der Waals surface area (Å²) in [6.07, 6.45) is 30.5. The van der Waals surface area contributed by atoms with Crippen LogP contribution < -0.4 is 5.48 Å². The van der Waals surface area contributed by atoms with Gasteiger partial charge in [-0.1, -0.05) is 144 Å². The average molecular weight is 477 g/mol. The number of hydroxylamine groups is 1. The Morgan fingerprint density at radius 2 is 0.724 bits per heavy atom. The van der Waals surface area contributed by atoms with E-state index in [0.717, 1.165) is 12.8 Å². The Kier molecular flexibility index (Phi) is 25.9. The van der Waals surface area contributed by atoms with Crippen molar-refractivity contribution in [1.82, 2.24) is 5.48 Å². The van der Waals surface area contributed by atoms with E-state index in [1.807, 2.05) is 0 Å². The fourth-order valence-electron chi connectivity index (χ4n) is 3.97. The van der Waals surface area contributed by atoms with E-state index in [2.05, 4.69) is 15.9 Å². The Hall–Kier alpha value is -0.0900. The van der Waals surface area contributed by atoms with Crippen molar-refractivity contribution in [3.8, 4) is 0 Å². The lowest BCUT2D eigenvalue weighted by molar-refractivity contribution is -0.129. The summed E-state index contributed by atoms with van der Waals surface area (Å²) in [5, 5.41) is 9.58. The highest BCUT2D eigenvalue weighted by molar-refractivity contribution is 9.09. The molecular weight excluding hydrogens is 426 g/mol. The molecule has 0 aliphatic rings. The first-order valence-electron chi connectivity index (χ1n) is 12.8. The van der Waals surface area contributed by atoms with Gasteiger partial charge in [-0.2, -0.15) is 0 Å². The van der Waals surface area contributed by atoms with Crippen LogP contribution in [0.1, 0.15) is 148 Å². The Morgan fingerprint density at radius 3 is 0.966 bits per heavy atom. The summed E-state index contributed by atoms with van der Waals surface area (Å²) in [6, 6.07) is 0. The fourth-order valence-corrected chi connectivity index (χ4v) is 4.37. The molecule has 0 fully saturated rings. The first-order valence-corrected chi connectivity index (χ1v) is 13.9. The molecule has 0 aliphatic carbocycles. The first-order chi connectivity index (χ1) is 14.3. The molecule has 4 heteroatoms. The van der Waals surface area contributed by atoms with Gasteiger partial charge in [-0.25, -0.2) is 5.48 Å². The molecule has 0 spiro atoms. The maximum atomic E-state index is 10.9. The van der Waals surface area contributed by atoms with Crippen molar-refractivity contribution in [2.75, 3.05) is 5.33 Å². The molecule has 1 amide bonds. The molecule has 0 bridgehead atoms. The molecule has 0 unspecified atom stereocenters. The Balaban J connectivity index is 3.01. The summed E-state index contributed by atoms with van der Waals surface area (Å²) < 4.78 is 0. The van der Waals surface area contributed by atoms with Crippen molar-refractivity contribution in [2.45, 2.75) is 148 Å². The highest BCUT2D eigenvalue weighted by Crippen LogP contribution is 2.15. The molecule has 0 rings (SSSR count). The molecule has 0 aromatic carbocycles. The summed E-state index contributed by atoms with van der Waals surface area (Å²) in [4.78, 5) is 10.9. The second kappa shape index (κ2) is 25.9. The highest BCUT2D eigenvalue weighted by atomic mass is 79.9. The predicted octanol–water partition coefficient (Wildman–Crippen LogP) is 8.86. The minimum absolute atomic E-state index is 0.257. The number of nitrogens with one attached hydrogen (secondary N) is 1. The molecule has 0 saturated heterocycles. The third-order valence-electron chi connectivity index (χ3n) is 5.91. The van der Waals surface area contributed by atoms with Gasteiger partial charge >= 0.3 is 0 Å². The first kappa shape index (κ1) is 28.9. The van der Waals surface area contributed by atoms with Crippen LogP contribution in [-0.2, 0) is 4.79 Å². The Morgan fingerprint density at radius 1 is 0.483 bits per heavy atom. The van der Waals surface area contributed by atoms with Crippen molar-refractivity contribution in [1.29, 1.82) is 0 Å². The van der Waals surface area contributed by atoms with Gasteiger partial charge in [0.25, 0.3) is 0 Å². The second-order valence-electron chi connectivity index (χ2n) is 8.75. The molecule has 0 aromatic rings. The van der Waals surface area contributed by atoms with E-state index in [-0.39, 0.29) is 5.91 Å². The van der Waals surface area contributed by atoms with Gasteiger partial charge in [0.1, 0.15) is 0 Å². The topological polar surface area (TPSA) is 49.3 Å². The SMILES string of the molecule is O=C(CCCCCCCCCCCCCCCCCCCCCCCCBr)NO. The van der Waals surface area contributed by atoms with Gasteiger partial charge in [-0.15, -0.1) is 0 Å². The lowest BCUT2D eigenvalue weighted by atomic mass is 10.0. The summed E-state index contributed by atoms with van der Waals surface area (Å²) >= 11 is 3.50. The predicted molar refractivity (Wildman–Crippen MR) is 130 cm³/mol.